The van der Waals surface area contributed by atoms with E-state index in [9.17, 15) is 0 Å². The van der Waals surface area contributed by atoms with E-state index in [4.69, 9.17) is 9.47 Å². The van der Waals surface area contributed by atoms with Gasteiger partial charge in [-0.15, -0.1) is 0 Å². The molecule has 0 unspecified atom stereocenters. The van der Waals surface area contributed by atoms with Gasteiger partial charge in [0.05, 0.1) is 13.7 Å². The number of aromatic nitrogens is 1. The minimum atomic E-state index is 0.606. The number of anilines is 1. The van der Waals surface area contributed by atoms with E-state index in [1.807, 2.05) is 18.2 Å². The Hall–Kier alpha value is -2.23. The van der Waals surface area contributed by atoms with Gasteiger partial charge in [0.1, 0.15) is 5.75 Å². The molecular formula is C22H28N2O2. The van der Waals surface area contributed by atoms with Gasteiger partial charge in [0.15, 0.2) is 0 Å². The summed E-state index contributed by atoms with van der Waals surface area (Å²) in [6.45, 7) is 2.95. The lowest BCUT2D eigenvalue weighted by Crippen LogP contribution is -2.36. The predicted octanol–water partition coefficient (Wildman–Crippen LogP) is 4.26. The summed E-state index contributed by atoms with van der Waals surface area (Å²) in [6.07, 6.45) is 9.11. The molecule has 4 rings (SSSR count). The second-order valence-electron chi connectivity index (χ2n) is 7.40. The Kier molecular flexibility index (Phi) is 5.28. The number of rotatable bonds is 5. The van der Waals surface area contributed by atoms with Gasteiger partial charge in [0.2, 0.25) is 5.88 Å². The van der Waals surface area contributed by atoms with Crippen molar-refractivity contribution in [3.05, 3.63) is 47.7 Å². The van der Waals surface area contributed by atoms with Crippen LogP contribution in [0.15, 0.2) is 36.5 Å². The van der Waals surface area contributed by atoms with E-state index < -0.39 is 0 Å². The van der Waals surface area contributed by atoms with Gasteiger partial charge < -0.3 is 14.4 Å². The number of nitrogens with zero attached hydrogens (tertiary/aromatic N) is 2. The van der Waals surface area contributed by atoms with Crippen molar-refractivity contribution < 1.29 is 9.47 Å². The van der Waals surface area contributed by atoms with Gasteiger partial charge in [0, 0.05) is 37.1 Å². The fraction of sp³-hybridized carbons (Fsp3) is 0.500. The first kappa shape index (κ1) is 17.2. The quantitative estimate of drug-likeness (QED) is 0.805. The average molecular weight is 352 g/mol. The second-order valence-corrected chi connectivity index (χ2v) is 7.40. The first-order valence-corrected chi connectivity index (χ1v) is 9.82. The van der Waals surface area contributed by atoms with Crippen molar-refractivity contribution in [1.82, 2.24) is 4.98 Å². The molecule has 0 saturated carbocycles. The van der Waals surface area contributed by atoms with Crippen LogP contribution in [0.4, 0.5) is 5.69 Å². The van der Waals surface area contributed by atoms with E-state index in [0.29, 0.717) is 5.92 Å². The zero-order valence-electron chi connectivity index (χ0n) is 15.6. The minimum absolute atomic E-state index is 0.606. The maximum absolute atomic E-state index is 5.86. The van der Waals surface area contributed by atoms with E-state index in [1.54, 1.807) is 18.9 Å². The zero-order valence-corrected chi connectivity index (χ0v) is 15.6. The third-order valence-corrected chi connectivity index (χ3v) is 5.71. The summed E-state index contributed by atoms with van der Waals surface area (Å²) >= 11 is 0. The number of benzene rings is 1. The van der Waals surface area contributed by atoms with E-state index in [1.165, 1.54) is 49.8 Å². The Bertz CT molecular complexity index is 724. The van der Waals surface area contributed by atoms with Crippen LogP contribution in [-0.2, 0) is 12.8 Å². The van der Waals surface area contributed by atoms with Gasteiger partial charge in [-0.05, 0) is 67.7 Å². The highest BCUT2D eigenvalue weighted by Gasteiger charge is 2.24. The molecule has 26 heavy (non-hydrogen) atoms. The van der Waals surface area contributed by atoms with Crippen molar-refractivity contribution in [3.8, 4) is 11.6 Å². The smallest absolute Gasteiger partial charge is 0.213 e. The molecule has 1 fully saturated rings. The Balaban J connectivity index is 1.40. The van der Waals surface area contributed by atoms with Crippen LogP contribution in [0.25, 0.3) is 0 Å². The molecule has 0 radical (unpaired) electrons. The Morgan fingerprint density at radius 3 is 2.73 bits per heavy atom. The predicted molar refractivity (Wildman–Crippen MR) is 104 cm³/mol. The number of aryl methyl sites for hydroxylation is 1. The lowest BCUT2D eigenvalue weighted by molar-refractivity contribution is 0.216. The molecule has 0 atom stereocenters. The standard InChI is InChI=1S/C22H28N2O2/c1-25-19-14-18-6-2-3-7-20(18)21(15-19)24-12-9-17(10-13-24)16-26-22-8-4-5-11-23-22/h4-5,8,11,14-15,17H,2-3,6-7,9-10,12-13,16H2,1H3. The molecule has 0 N–H and O–H groups in total. The summed E-state index contributed by atoms with van der Waals surface area (Å²) in [5.41, 5.74) is 4.45. The van der Waals surface area contributed by atoms with Crippen molar-refractivity contribution >= 4 is 5.69 Å². The molecule has 4 nitrogen and oxygen atoms in total. The third kappa shape index (κ3) is 3.79. The largest absolute Gasteiger partial charge is 0.497 e. The summed E-state index contributed by atoms with van der Waals surface area (Å²) in [5.74, 6) is 2.34. The van der Waals surface area contributed by atoms with Gasteiger partial charge in [-0.1, -0.05) is 6.07 Å². The van der Waals surface area contributed by atoms with Crippen molar-refractivity contribution in [2.45, 2.75) is 38.5 Å². The molecule has 1 aliphatic heterocycles. The van der Waals surface area contributed by atoms with Gasteiger partial charge in [-0.3, -0.25) is 0 Å². The summed E-state index contributed by atoms with van der Waals surface area (Å²) in [4.78, 5) is 6.81. The lowest BCUT2D eigenvalue weighted by Gasteiger charge is -2.36. The van der Waals surface area contributed by atoms with Gasteiger partial charge in [-0.2, -0.15) is 0 Å². The van der Waals surface area contributed by atoms with E-state index >= 15 is 0 Å². The molecule has 0 spiro atoms. The second kappa shape index (κ2) is 7.98. The molecule has 2 heterocycles. The van der Waals surface area contributed by atoms with Crippen molar-refractivity contribution in [3.63, 3.8) is 0 Å². The summed E-state index contributed by atoms with van der Waals surface area (Å²) in [7, 11) is 1.77. The van der Waals surface area contributed by atoms with Crippen LogP contribution in [0.5, 0.6) is 11.6 Å². The maximum atomic E-state index is 5.86. The highest BCUT2D eigenvalue weighted by molar-refractivity contribution is 5.61. The van der Waals surface area contributed by atoms with Crippen LogP contribution in [-0.4, -0.2) is 31.8 Å². The molecule has 0 bridgehead atoms. The van der Waals surface area contributed by atoms with Crippen molar-refractivity contribution in [2.75, 3.05) is 31.7 Å². The fourth-order valence-corrected chi connectivity index (χ4v) is 4.19. The molecule has 0 amide bonds. The SMILES string of the molecule is COc1cc2c(c(N3CCC(COc4ccccn4)CC3)c1)CCCC2. The Labute approximate surface area is 156 Å². The molecule has 1 aromatic carbocycles. The molecule has 1 saturated heterocycles. The van der Waals surface area contributed by atoms with Crippen LogP contribution < -0.4 is 14.4 Å². The van der Waals surface area contributed by atoms with Gasteiger partial charge >= 0.3 is 0 Å². The summed E-state index contributed by atoms with van der Waals surface area (Å²) in [5, 5.41) is 0. The number of methoxy groups -OCH3 is 1. The lowest BCUT2D eigenvalue weighted by atomic mass is 9.88. The highest BCUT2D eigenvalue weighted by Crippen LogP contribution is 2.36. The first-order chi connectivity index (χ1) is 12.8. The number of ether oxygens (including phenoxy) is 2. The molecular weight excluding hydrogens is 324 g/mol. The minimum Gasteiger partial charge on any atom is -0.497 e. The van der Waals surface area contributed by atoms with E-state index in [2.05, 4.69) is 22.0 Å². The number of pyridine rings is 1. The van der Waals surface area contributed by atoms with Crippen molar-refractivity contribution in [2.24, 2.45) is 5.92 Å². The van der Waals surface area contributed by atoms with Gasteiger partial charge in [0.25, 0.3) is 0 Å². The molecule has 138 valence electrons. The molecule has 1 aromatic heterocycles. The van der Waals surface area contributed by atoms with E-state index in [-0.39, 0.29) is 0 Å². The maximum Gasteiger partial charge on any atom is 0.213 e. The summed E-state index contributed by atoms with van der Waals surface area (Å²) < 4.78 is 11.4. The Morgan fingerprint density at radius 1 is 1.12 bits per heavy atom. The van der Waals surface area contributed by atoms with Crippen LogP contribution >= 0.6 is 0 Å². The van der Waals surface area contributed by atoms with Crippen LogP contribution in [0, 0.1) is 5.92 Å². The molecule has 2 aliphatic rings. The number of fused-ring (bicyclic) bond motifs is 1. The average Bonchev–Trinajstić information content (AvgIpc) is 2.72. The monoisotopic (exact) mass is 352 g/mol. The van der Waals surface area contributed by atoms with Crippen molar-refractivity contribution in [1.29, 1.82) is 0 Å². The normalized spacial score (nSPS) is 17.7. The Morgan fingerprint density at radius 2 is 1.96 bits per heavy atom. The third-order valence-electron chi connectivity index (χ3n) is 5.71. The van der Waals surface area contributed by atoms with Crippen LogP contribution in [0.2, 0.25) is 0 Å². The number of piperidine rings is 1. The highest BCUT2D eigenvalue weighted by atomic mass is 16.5. The molecule has 4 heteroatoms. The van der Waals surface area contributed by atoms with Crippen LogP contribution in [0.1, 0.15) is 36.8 Å². The van der Waals surface area contributed by atoms with Gasteiger partial charge in [-0.25, -0.2) is 4.98 Å². The molecule has 1 aliphatic carbocycles. The first-order valence-electron chi connectivity index (χ1n) is 9.82. The van der Waals surface area contributed by atoms with E-state index in [0.717, 1.165) is 31.3 Å². The summed E-state index contributed by atoms with van der Waals surface area (Å²) in [6, 6.07) is 10.3. The van der Waals surface area contributed by atoms with Crippen LogP contribution in [0.3, 0.4) is 0 Å². The number of hydrogen-bond donors (Lipinski definition) is 0. The zero-order chi connectivity index (χ0) is 17.8. The number of hydrogen-bond acceptors (Lipinski definition) is 4. The topological polar surface area (TPSA) is 34.6 Å². The molecule has 2 aromatic rings. The fourth-order valence-electron chi connectivity index (χ4n) is 4.19.